The number of hydrogen-bond acceptors (Lipinski definition) is 3. The SMILES string of the molecule is CCn1cc(N)cc1C(=O)NCc1ccncc1C. The van der Waals surface area contributed by atoms with Crippen LogP contribution in [-0.4, -0.2) is 15.5 Å². The molecule has 5 heteroatoms. The molecule has 0 spiro atoms. The highest BCUT2D eigenvalue weighted by Crippen LogP contribution is 2.11. The Morgan fingerprint density at radius 3 is 3.00 bits per heavy atom. The number of nitrogen functional groups attached to an aromatic ring is 1. The quantitative estimate of drug-likeness (QED) is 0.877. The van der Waals surface area contributed by atoms with Gasteiger partial charge in [-0.25, -0.2) is 0 Å². The maximum Gasteiger partial charge on any atom is 0.268 e. The number of nitrogens with two attached hydrogens (primary N) is 1. The molecule has 0 fully saturated rings. The van der Waals surface area contributed by atoms with Crippen LogP contribution in [0.5, 0.6) is 0 Å². The van der Waals surface area contributed by atoms with Crippen LogP contribution in [-0.2, 0) is 13.1 Å². The highest BCUT2D eigenvalue weighted by Gasteiger charge is 2.11. The first kappa shape index (κ1) is 13.1. The number of amides is 1. The van der Waals surface area contributed by atoms with Crippen molar-refractivity contribution in [2.75, 3.05) is 5.73 Å². The number of rotatable bonds is 4. The number of carbonyl (C=O) groups excluding carboxylic acids is 1. The van der Waals surface area contributed by atoms with Crippen molar-refractivity contribution >= 4 is 11.6 Å². The predicted octanol–water partition coefficient (Wildman–Crippen LogP) is 1.72. The van der Waals surface area contributed by atoms with Crippen LogP contribution in [0.2, 0.25) is 0 Å². The Bertz CT molecular complexity index is 589. The van der Waals surface area contributed by atoms with E-state index in [0.29, 0.717) is 24.5 Å². The molecule has 2 aromatic rings. The van der Waals surface area contributed by atoms with E-state index in [-0.39, 0.29) is 5.91 Å². The van der Waals surface area contributed by atoms with E-state index in [1.165, 1.54) is 0 Å². The summed E-state index contributed by atoms with van der Waals surface area (Å²) in [6.07, 6.45) is 5.28. The lowest BCUT2D eigenvalue weighted by Gasteiger charge is -2.09. The Kier molecular flexibility index (Phi) is 3.85. The number of aromatic nitrogens is 2. The average Bonchev–Trinajstić information content (AvgIpc) is 2.79. The molecule has 5 nitrogen and oxygen atoms in total. The summed E-state index contributed by atoms with van der Waals surface area (Å²) in [6.45, 7) is 5.15. The topological polar surface area (TPSA) is 72.9 Å². The summed E-state index contributed by atoms with van der Waals surface area (Å²) >= 11 is 0. The van der Waals surface area contributed by atoms with Crippen LogP contribution in [0, 0.1) is 6.92 Å². The standard InChI is InChI=1S/C14H18N4O/c1-3-18-9-12(15)6-13(18)14(19)17-8-11-4-5-16-7-10(11)2/h4-7,9H,3,8,15H2,1-2H3,(H,17,19). The van der Waals surface area contributed by atoms with Crippen molar-refractivity contribution in [2.24, 2.45) is 0 Å². The van der Waals surface area contributed by atoms with Crippen molar-refractivity contribution in [3.05, 3.63) is 47.5 Å². The maximum atomic E-state index is 12.1. The average molecular weight is 258 g/mol. The van der Waals surface area contributed by atoms with Gasteiger partial charge in [0.05, 0.1) is 5.69 Å². The van der Waals surface area contributed by atoms with Crippen molar-refractivity contribution < 1.29 is 4.79 Å². The van der Waals surface area contributed by atoms with Gasteiger partial charge in [-0.1, -0.05) is 0 Å². The van der Waals surface area contributed by atoms with E-state index in [1.54, 1.807) is 24.7 Å². The third-order valence-corrected chi connectivity index (χ3v) is 3.07. The minimum atomic E-state index is -0.116. The van der Waals surface area contributed by atoms with E-state index in [2.05, 4.69) is 10.3 Å². The minimum absolute atomic E-state index is 0.116. The normalized spacial score (nSPS) is 10.4. The maximum absolute atomic E-state index is 12.1. The van der Waals surface area contributed by atoms with Crippen LogP contribution >= 0.6 is 0 Å². The molecular weight excluding hydrogens is 240 g/mol. The molecular formula is C14H18N4O. The van der Waals surface area contributed by atoms with E-state index in [4.69, 9.17) is 5.73 Å². The molecule has 0 bridgehead atoms. The first-order valence-corrected chi connectivity index (χ1v) is 6.25. The molecule has 19 heavy (non-hydrogen) atoms. The Morgan fingerprint density at radius 1 is 1.53 bits per heavy atom. The van der Waals surface area contributed by atoms with Crippen LogP contribution in [0.15, 0.2) is 30.7 Å². The molecule has 0 aliphatic heterocycles. The lowest BCUT2D eigenvalue weighted by Crippen LogP contribution is -2.25. The number of carbonyl (C=O) groups is 1. The monoisotopic (exact) mass is 258 g/mol. The van der Waals surface area contributed by atoms with E-state index >= 15 is 0 Å². The van der Waals surface area contributed by atoms with Gasteiger partial charge >= 0.3 is 0 Å². The number of anilines is 1. The largest absolute Gasteiger partial charge is 0.397 e. The van der Waals surface area contributed by atoms with E-state index in [9.17, 15) is 4.79 Å². The summed E-state index contributed by atoms with van der Waals surface area (Å²) in [5.74, 6) is -0.116. The van der Waals surface area contributed by atoms with Crippen LogP contribution < -0.4 is 11.1 Å². The van der Waals surface area contributed by atoms with E-state index in [0.717, 1.165) is 11.1 Å². The van der Waals surface area contributed by atoms with Crippen LogP contribution in [0.25, 0.3) is 0 Å². The molecule has 2 aromatic heterocycles. The third kappa shape index (κ3) is 2.93. The van der Waals surface area contributed by atoms with Crippen LogP contribution in [0.3, 0.4) is 0 Å². The smallest absolute Gasteiger partial charge is 0.268 e. The number of aryl methyl sites for hydroxylation is 2. The lowest BCUT2D eigenvalue weighted by atomic mass is 10.1. The number of hydrogen-bond donors (Lipinski definition) is 2. The number of nitrogens with one attached hydrogen (secondary N) is 1. The van der Waals surface area contributed by atoms with Gasteiger partial charge in [-0.3, -0.25) is 9.78 Å². The van der Waals surface area contributed by atoms with Gasteiger partial charge in [-0.15, -0.1) is 0 Å². The summed E-state index contributed by atoms with van der Waals surface area (Å²) in [5, 5.41) is 2.90. The molecule has 0 saturated carbocycles. The van der Waals surface area contributed by atoms with Gasteiger partial charge in [0.1, 0.15) is 5.69 Å². The Hall–Kier alpha value is -2.30. The van der Waals surface area contributed by atoms with Crippen molar-refractivity contribution in [3.63, 3.8) is 0 Å². The molecule has 0 radical (unpaired) electrons. The number of pyridine rings is 1. The summed E-state index contributed by atoms with van der Waals surface area (Å²) in [6, 6.07) is 3.60. The van der Waals surface area contributed by atoms with E-state index in [1.807, 2.05) is 24.5 Å². The zero-order valence-electron chi connectivity index (χ0n) is 11.2. The molecule has 0 saturated heterocycles. The zero-order chi connectivity index (χ0) is 13.8. The fourth-order valence-electron chi connectivity index (χ4n) is 1.95. The van der Waals surface area contributed by atoms with Gasteiger partial charge in [0.15, 0.2) is 0 Å². The molecule has 2 rings (SSSR count). The van der Waals surface area contributed by atoms with Crippen molar-refractivity contribution in [1.82, 2.24) is 14.9 Å². The Morgan fingerprint density at radius 2 is 2.32 bits per heavy atom. The van der Waals surface area contributed by atoms with Gasteiger partial charge < -0.3 is 15.6 Å². The summed E-state index contributed by atoms with van der Waals surface area (Å²) in [7, 11) is 0. The molecule has 0 aliphatic carbocycles. The van der Waals surface area contributed by atoms with Crippen molar-refractivity contribution in [3.8, 4) is 0 Å². The molecule has 0 aromatic carbocycles. The second-order valence-electron chi connectivity index (χ2n) is 4.43. The molecule has 0 atom stereocenters. The van der Waals surface area contributed by atoms with Gasteiger partial charge in [-0.2, -0.15) is 0 Å². The Balaban J connectivity index is 2.07. The highest BCUT2D eigenvalue weighted by atomic mass is 16.1. The van der Waals surface area contributed by atoms with Gasteiger partial charge in [0.2, 0.25) is 0 Å². The predicted molar refractivity (Wildman–Crippen MR) is 74.7 cm³/mol. The third-order valence-electron chi connectivity index (χ3n) is 3.07. The van der Waals surface area contributed by atoms with Crippen molar-refractivity contribution in [2.45, 2.75) is 26.9 Å². The van der Waals surface area contributed by atoms with Gasteiger partial charge in [0, 0.05) is 31.7 Å². The fraction of sp³-hybridized carbons (Fsp3) is 0.286. The summed E-state index contributed by atoms with van der Waals surface area (Å²) in [5.41, 5.74) is 9.03. The zero-order valence-corrected chi connectivity index (χ0v) is 11.2. The molecule has 100 valence electrons. The lowest BCUT2D eigenvalue weighted by molar-refractivity contribution is 0.0941. The van der Waals surface area contributed by atoms with Gasteiger partial charge in [0.25, 0.3) is 5.91 Å². The highest BCUT2D eigenvalue weighted by molar-refractivity contribution is 5.93. The second kappa shape index (κ2) is 5.56. The number of nitrogens with zero attached hydrogens (tertiary/aromatic N) is 2. The first-order valence-electron chi connectivity index (χ1n) is 6.25. The Labute approximate surface area is 112 Å². The molecule has 0 aliphatic rings. The molecule has 0 unspecified atom stereocenters. The van der Waals surface area contributed by atoms with Crippen LogP contribution in [0.1, 0.15) is 28.5 Å². The molecule has 3 N–H and O–H groups in total. The summed E-state index contributed by atoms with van der Waals surface area (Å²) < 4.78 is 1.84. The first-order chi connectivity index (χ1) is 9.11. The fourth-order valence-corrected chi connectivity index (χ4v) is 1.95. The second-order valence-corrected chi connectivity index (χ2v) is 4.43. The minimum Gasteiger partial charge on any atom is -0.397 e. The van der Waals surface area contributed by atoms with E-state index < -0.39 is 0 Å². The summed E-state index contributed by atoms with van der Waals surface area (Å²) in [4.78, 5) is 16.1. The van der Waals surface area contributed by atoms with Crippen LogP contribution in [0.4, 0.5) is 5.69 Å². The van der Waals surface area contributed by atoms with Crippen molar-refractivity contribution in [1.29, 1.82) is 0 Å². The molecule has 2 heterocycles. The molecule has 1 amide bonds. The van der Waals surface area contributed by atoms with Gasteiger partial charge in [-0.05, 0) is 37.1 Å².